The van der Waals surface area contributed by atoms with Gasteiger partial charge in [-0.3, -0.25) is 0 Å². The highest BCUT2D eigenvalue weighted by molar-refractivity contribution is 5.27. The molecule has 0 unspecified atom stereocenters. The van der Waals surface area contributed by atoms with Gasteiger partial charge in [0.1, 0.15) is 0 Å². The molecule has 1 aliphatic rings. The van der Waals surface area contributed by atoms with Gasteiger partial charge in [0.25, 0.3) is 0 Å². The summed E-state index contributed by atoms with van der Waals surface area (Å²) in [6, 6.07) is 11.2. The molecule has 0 fully saturated rings. The van der Waals surface area contributed by atoms with Crippen molar-refractivity contribution in [3.8, 4) is 6.07 Å². The van der Waals surface area contributed by atoms with Gasteiger partial charge in [0.2, 0.25) is 0 Å². The van der Waals surface area contributed by atoms with Crippen molar-refractivity contribution in [3.05, 3.63) is 72.6 Å². The van der Waals surface area contributed by atoms with Gasteiger partial charge in [-0.1, -0.05) is 30.4 Å². The molecule has 0 spiro atoms. The summed E-state index contributed by atoms with van der Waals surface area (Å²) in [7, 11) is 0. The monoisotopic (exact) mass is 196 g/mol. The third-order valence-electron chi connectivity index (χ3n) is 1.62. The van der Waals surface area contributed by atoms with E-state index >= 15 is 0 Å². The van der Waals surface area contributed by atoms with Gasteiger partial charge in [-0.05, 0) is 24.3 Å². The third-order valence-corrected chi connectivity index (χ3v) is 1.62. The summed E-state index contributed by atoms with van der Waals surface area (Å²) in [6.07, 6.45) is 11.6. The summed E-state index contributed by atoms with van der Waals surface area (Å²) >= 11 is 0. The molecule has 74 valence electrons. The Hall–Kier alpha value is -2.27. The van der Waals surface area contributed by atoms with Crippen molar-refractivity contribution in [2.75, 3.05) is 0 Å². The van der Waals surface area contributed by atoms with Crippen LogP contribution in [0.5, 0.6) is 0 Å². The maximum absolute atomic E-state index is 8.29. The average molecular weight is 196 g/mol. The molecule has 2 heteroatoms. The van der Waals surface area contributed by atoms with Crippen molar-refractivity contribution in [2.24, 2.45) is 0 Å². The lowest BCUT2D eigenvalue weighted by Crippen LogP contribution is -1.87. The fraction of sp³-hybridized carbons (Fsp3) is 0. The van der Waals surface area contributed by atoms with E-state index in [0.717, 1.165) is 0 Å². The van der Waals surface area contributed by atoms with Crippen molar-refractivity contribution in [3.63, 3.8) is 0 Å². The molecule has 1 N–H and O–H groups in total. The smallest absolute Gasteiger partial charge is 0.0991 e. The molecule has 0 saturated carbocycles. The lowest BCUT2D eigenvalue weighted by molar-refractivity contribution is 1.20. The second-order valence-corrected chi connectivity index (χ2v) is 2.75. The van der Waals surface area contributed by atoms with Gasteiger partial charge in [0, 0.05) is 12.4 Å². The number of hydrogen-bond donors (Lipinski definition) is 1. The summed E-state index contributed by atoms with van der Waals surface area (Å²) in [5.74, 6) is 0. The van der Waals surface area contributed by atoms with Gasteiger partial charge in [-0.2, -0.15) is 5.26 Å². The van der Waals surface area contributed by atoms with Crippen LogP contribution in [0, 0.1) is 11.3 Å². The molecule has 1 aromatic carbocycles. The predicted octanol–water partition coefficient (Wildman–Crippen LogP) is 2.73. The van der Waals surface area contributed by atoms with Gasteiger partial charge in [0.05, 0.1) is 11.6 Å². The Balaban J connectivity index is 0.000000151. The van der Waals surface area contributed by atoms with Crippen molar-refractivity contribution < 1.29 is 0 Å². The van der Waals surface area contributed by atoms with E-state index in [-0.39, 0.29) is 0 Å². The van der Waals surface area contributed by atoms with Crippen LogP contribution < -0.4 is 5.32 Å². The molecule has 0 amide bonds. The molecule has 0 bridgehead atoms. The zero-order valence-corrected chi connectivity index (χ0v) is 8.30. The minimum atomic E-state index is 0.715. The predicted molar refractivity (Wildman–Crippen MR) is 61.7 cm³/mol. The van der Waals surface area contributed by atoms with Gasteiger partial charge in [-0.15, -0.1) is 0 Å². The fourth-order valence-corrected chi connectivity index (χ4v) is 0.919. The molecule has 0 aromatic heterocycles. The minimum absolute atomic E-state index is 0.715. The van der Waals surface area contributed by atoms with Gasteiger partial charge >= 0.3 is 0 Å². The first-order chi connectivity index (χ1) is 7.43. The van der Waals surface area contributed by atoms with E-state index in [1.807, 2.05) is 61.0 Å². The molecule has 15 heavy (non-hydrogen) atoms. The Kier molecular flexibility index (Phi) is 5.16. The van der Waals surface area contributed by atoms with Gasteiger partial charge in [0.15, 0.2) is 0 Å². The number of benzene rings is 1. The Bertz CT molecular complexity index is 380. The molecular weight excluding hydrogens is 184 g/mol. The van der Waals surface area contributed by atoms with E-state index in [0.29, 0.717) is 5.56 Å². The van der Waals surface area contributed by atoms with E-state index in [1.165, 1.54) is 0 Å². The molecule has 1 aliphatic heterocycles. The zero-order valence-electron chi connectivity index (χ0n) is 8.30. The summed E-state index contributed by atoms with van der Waals surface area (Å²) in [4.78, 5) is 0. The quantitative estimate of drug-likeness (QED) is 0.692. The minimum Gasteiger partial charge on any atom is -0.368 e. The molecule has 2 nitrogen and oxygen atoms in total. The molecule has 0 radical (unpaired) electrons. The highest BCUT2D eigenvalue weighted by Gasteiger charge is 1.79. The van der Waals surface area contributed by atoms with Crippen LogP contribution in [-0.2, 0) is 0 Å². The highest BCUT2D eigenvalue weighted by Crippen LogP contribution is 1.93. The number of nitrogens with one attached hydrogen (secondary N) is 1. The standard InChI is InChI=1S/C7H5N.C6H7N/c8-6-7-4-2-1-3-5-7;1-2-4-6-7-5-3-1/h1-5H;1-7H. The number of rotatable bonds is 0. The van der Waals surface area contributed by atoms with Crippen LogP contribution in [0.2, 0.25) is 0 Å². The van der Waals surface area contributed by atoms with E-state index in [4.69, 9.17) is 5.26 Å². The first-order valence-electron chi connectivity index (χ1n) is 4.63. The van der Waals surface area contributed by atoms with E-state index < -0.39 is 0 Å². The molecule has 0 atom stereocenters. The van der Waals surface area contributed by atoms with Crippen LogP contribution in [0.4, 0.5) is 0 Å². The summed E-state index contributed by atoms with van der Waals surface area (Å²) in [6.45, 7) is 0. The lowest BCUT2D eigenvalue weighted by Gasteiger charge is -1.80. The number of nitriles is 1. The lowest BCUT2D eigenvalue weighted by atomic mass is 10.2. The molecular formula is C13H12N2. The van der Waals surface area contributed by atoms with Gasteiger partial charge < -0.3 is 5.32 Å². The SMILES string of the molecule is C1=CC=CNC=C1.N#Cc1ccccc1. The van der Waals surface area contributed by atoms with Crippen molar-refractivity contribution in [1.29, 1.82) is 5.26 Å². The van der Waals surface area contributed by atoms with Crippen LogP contribution in [0.1, 0.15) is 5.56 Å². The van der Waals surface area contributed by atoms with E-state index in [9.17, 15) is 0 Å². The average Bonchev–Trinajstić information content (AvgIpc) is 2.63. The first kappa shape index (κ1) is 10.8. The molecule has 0 aliphatic carbocycles. The topological polar surface area (TPSA) is 35.8 Å². The van der Waals surface area contributed by atoms with Crippen LogP contribution >= 0.6 is 0 Å². The normalized spacial score (nSPS) is 11.7. The van der Waals surface area contributed by atoms with E-state index in [2.05, 4.69) is 5.32 Å². The molecule has 1 heterocycles. The van der Waals surface area contributed by atoms with Crippen molar-refractivity contribution >= 4 is 0 Å². The van der Waals surface area contributed by atoms with Gasteiger partial charge in [-0.25, -0.2) is 0 Å². The van der Waals surface area contributed by atoms with E-state index in [1.54, 1.807) is 12.1 Å². The number of nitrogens with zero attached hydrogens (tertiary/aromatic N) is 1. The van der Waals surface area contributed by atoms with Crippen LogP contribution in [0.15, 0.2) is 67.0 Å². The van der Waals surface area contributed by atoms with Crippen LogP contribution in [0.3, 0.4) is 0 Å². The Labute approximate surface area is 89.9 Å². The fourth-order valence-electron chi connectivity index (χ4n) is 0.919. The summed E-state index contributed by atoms with van der Waals surface area (Å²) in [5.41, 5.74) is 0.715. The molecule has 1 aromatic rings. The maximum atomic E-state index is 8.29. The number of hydrogen-bond acceptors (Lipinski definition) is 2. The zero-order chi connectivity index (χ0) is 10.8. The third kappa shape index (κ3) is 5.12. The summed E-state index contributed by atoms with van der Waals surface area (Å²) in [5, 5.41) is 11.2. The number of allylic oxidation sites excluding steroid dienone is 4. The van der Waals surface area contributed by atoms with Crippen LogP contribution in [-0.4, -0.2) is 0 Å². The Morgan fingerprint density at radius 3 is 1.93 bits per heavy atom. The van der Waals surface area contributed by atoms with Crippen molar-refractivity contribution in [1.82, 2.24) is 5.32 Å². The Morgan fingerprint density at radius 1 is 0.867 bits per heavy atom. The maximum Gasteiger partial charge on any atom is 0.0991 e. The van der Waals surface area contributed by atoms with Crippen molar-refractivity contribution in [2.45, 2.75) is 0 Å². The highest BCUT2D eigenvalue weighted by atomic mass is 14.8. The first-order valence-corrected chi connectivity index (χ1v) is 4.63. The second kappa shape index (κ2) is 7.16. The second-order valence-electron chi connectivity index (χ2n) is 2.75. The van der Waals surface area contributed by atoms with Crippen LogP contribution in [0.25, 0.3) is 0 Å². The molecule has 0 saturated heterocycles. The Morgan fingerprint density at radius 2 is 1.47 bits per heavy atom. The summed E-state index contributed by atoms with van der Waals surface area (Å²) < 4.78 is 0. The molecule has 2 rings (SSSR count). The largest absolute Gasteiger partial charge is 0.368 e.